The van der Waals surface area contributed by atoms with Crippen LogP contribution in [0.15, 0.2) is 29.3 Å². The molecule has 0 aliphatic carbocycles. The Hall–Kier alpha value is -1.75. The Balaban J connectivity index is 0.00000288. The summed E-state index contributed by atoms with van der Waals surface area (Å²) in [6.45, 7) is 5.30. The molecule has 5 nitrogen and oxygen atoms in total. The third-order valence-corrected chi connectivity index (χ3v) is 3.76. The number of amides is 1. The molecule has 1 fully saturated rings. The van der Waals surface area contributed by atoms with Gasteiger partial charge in [0.25, 0.3) is 0 Å². The van der Waals surface area contributed by atoms with Gasteiger partial charge in [0.2, 0.25) is 5.91 Å². The number of terminal acetylenes is 1. The quantitative estimate of drug-likeness (QED) is 0.309. The fourth-order valence-corrected chi connectivity index (χ4v) is 2.58. The maximum Gasteiger partial charge on any atom is 0.222 e. The molecular weight excluding hydrogens is 415 g/mol. The highest BCUT2D eigenvalue weighted by Gasteiger charge is 2.20. The molecule has 24 heavy (non-hydrogen) atoms. The molecule has 2 rings (SSSR count). The van der Waals surface area contributed by atoms with Crippen molar-refractivity contribution in [3.05, 3.63) is 35.4 Å². The van der Waals surface area contributed by atoms with E-state index in [2.05, 4.69) is 33.7 Å². The zero-order chi connectivity index (χ0) is 16.5. The van der Waals surface area contributed by atoms with Gasteiger partial charge in [-0.3, -0.25) is 4.79 Å². The predicted octanol–water partition coefficient (Wildman–Crippen LogP) is 2.12. The number of benzene rings is 1. The maximum atomic E-state index is 11.8. The van der Waals surface area contributed by atoms with Crippen LogP contribution in [0, 0.1) is 12.3 Å². The Bertz CT molecular complexity index is 609. The molecule has 1 aliphatic rings. The van der Waals surface area contributed by atoms with Crippen molar-refractivity contribution in [2.45, 2.75) is 32.9 Å². The molecule has 1 heterocycles. The van der Waals surface area contributed by atoms with Crippen LogP contribution in [-0.2, 0) is 17.9 Å². The second-order valence-electron chi connectivity index (χ2n) is 5.44. The first-order chi connectivity index (χ1) is 11.2. The molecule has 130 valence electrons. The second-order valence-corrected chi connectivity index (χ2v) is 5.44. The minimum Gasteiger partial charge on any atom is -0.357 e. The number of likely N-dealkylation sites (tertiary alicyclic amines) is 1. The van der Waals surface area contributed by atoms with E-state index in [-0.39, 0.29) is 29.9 Å². The number of aliphatic imine (C=N–C) groups is 1. The highest BCUT2D eigenvalue weighted by Crippen LogP contribution is 2.17. The van der Waals surface area contributed by atoms with Gasteiger partial charge >= 0.3 is 0 Å². The zero-order valence-corrected chi connectivity index (χ0v) is 16.4. The maximum absolute atomic E-state index is 11.8. The van der Waals surface area contributed by atoms with Crippen molar-refractivity contribution in [3.8, 4) is 12.3 Å². The van der Waals surface area contributed by atoms with Crippen LogP contribution < -0.4 is 10.6 Å². The summed E-state index contributed by atoms with van der Waals surface area (Å²) in [7, 11) is 0. The van der Waals surface area contributed by atoms with Crippen molar-refractivity contribution < 1.29 is 4.79 Å². The molecule has 0 atom stereocenters. The van der Waals surface area contributed by atoms with Gasteiger partial charge in [-0.25, -0.2) is 4.99 Å². The van der Waals surface area contributed by atoms with Gasteiger partial charge in [-0.05, 0) is 24.5 Å². The van der Waals surface area contributed by atoms with Crippen LogP contribution in [0.2, 0.25) is 0 Å². The number of halogens is 1. The third-order valence-electron chi connectivity index (χ3n) is 3.76. The SMILES string of the molecule is C#CCNC(=NCc1ccccc1CN1CCCC1=O)NCC.I. The lowest BCUT2D eigenvalue weighted by Gasteiger charge is -2.18. The zero-order valence-electron chi connectivity index (χ0n) is 14.0. The topological polar surface area (TPSA) is 56.7 Å². The van der Waals surface area contributed by atoms with Crippen LogP contribution in [0.25, 0.3) is 0 Å². The molecule has 0 spiro atoms. The summed E-state index contributed by atoms with van der Waals surface area (Å²) in [6.07, 6.45) is 6.90. The lowest BCUT2D eigenvalue weighted by Crippen LogP contribution is -2.37. The Kier molecular flexibility index (Phi) is 9.23. The molecule has 0 radical (unpaired) electrons. The Labute approximate surface area is 161 Å². The van der Waals surface area contributed by atoms with E-state index in [9.17, 15) is 4.79 Å². The number of nitrogens with one attached hydrogen (secondary N) is 2. The van der Waals surface area contributed by atoms with Crippen LogP contribution >= 0.6 is 24.0 Å². The van der Waals surface area contributed by atoms with Crippen LogP contribution in [0.1, 0.15) is 30.9 Å². The van der Waals surface area contributed by atoms with Crippen molar-refractivity contribution in [3.63, 3.8) is 0 Å². The number of carbonyl (C=O) groups excluding carboxylic acids is 1. The molecule has 6 heteroatoms. The summed E-state index contributed by atoms with van der Waals surface area (Å²) in [6, 6.07) is 8.13. The average molecular weight is 440 g/mol. The van der Waals surface area contributed by atoms with E-state index in [1.165, 1.54) is 0 Å². The summed E-state index contributed by atoms with van der Waals surface area (Å²) in [5.41, 5.74) is 2.28. The highest BCUT2D eigenvalue weighted by atomic mass is 127. The van der Waals surface area contributed by atoms with Crippen molar-refractivity contribution in [1.82, 2.24) is 15.5 Å². The number of guanidine groups is 1. The monoisotopic (exact) mass is 440 g/mol. The summed E-state index contributed by atoms with van der Waals surface area (Å²) >= 11 is 0. The molecule has 0 saturated carbocycles. The minimum atomic E-state index is 0. The minimum absolute atomic E-state index is 0. The van der Waals surface area contributed by atoms with E-state index in [4.69, 9.17) is 6.42 Å². The first-order valence-electron chi connectivity index (χ1n) is 8.04. The standard InChI is InChI=1S/C18H24N4O.HI/c1-3-11-20-18(19-4-2)21-13-15-8-5-6-9-16(15)14-22-12-7-10-17(22)23;/h1,5-6,8-9H,4,7,10-14H2,2H3,(H2,19,20,21);1H. The first kappa shape index (κ1) is 20.3. The van der Waals surface area contributed by atoms with E-state index < -0.39 is 0 Å². The fraction of sp³-hybridized carbons (Fsp3) is 0.444. The Morgan fingerprint density at radius 2 is 2.08 bits per heavy atom. The first-order valence-corrected chi connectivity index (χ1v) is 8.04. The number of nitrogens with zero attached hydrogens (tertiary/aromatic N) is 2. The van der Waals surface area contributed by atoms with Crippen molar-refractivity contribution in [2.75, 3.05) is 19.6 Å². The van der Waals surface area contributed by atoms with Gasteiger partial charge in [-0.15, -0.1) is 30.4 Å². The lowest BCUT2D eigenvalue weighted by atomic mass is 10.1. The number of hydrogen-bond donors (Lipinski definition) is 2. The van der Waals surface area contributed by atoms with Gasteiger partial charge in [0, 0.05) is 26.1 Å². The van der Waals surface area contributed by atoms with Gasteiger partial charge in [0.1, 0.15) is 0 Å². The number of rotatable bonds is 6. The van der Waals surface area contributed by atoms with Crippen molar-refractivity contribution in [1.29, 1.82) is 0 Å². The smallest absolute Gasteiger partial charge is 0.222 e. The fourth-order valence-electron chi connectivity index (χ4n) is 2.58. The van der Waals surface area contributed by atoms with E-state index in [0.717, 1.165) is 30.6 Å². The Morgan fingerprint density at radius 1 is 1.33 bits per heavy atom. The molecule has 0 bridgehead atoms. The molecular formula is C18H25IN4O. The van der Waals surface area contributed by atoms with Gasteiger partial charge in [-0.2, -0.15) is 0 Å². The van der Waals surface area contributed by atoms with Crippen LogP contribution in [-0.4, -0.2) is 36.4 Å². The second kappa shape index (κ2) is 10.9. The van der Waals surface area contributed by atoms with Crippen LogP contribution in [0.5, 0.6) is 0 Å². The van der Waals surface area contributed by atoms with E-state index in [0.29, 0.717) is 32.0 Å². The van der Waals surface area contributed by atoms with Gasteiger partial charge in [-0.1, -0.05) is 30.2 Å². The van der Waals surface area contributed by atoms with Crippen LogP contribution in [0.4, 0.5) is 0 Å². The van der Waals surface area contributed by atoms with E-state index >= 15 is 0 Å². The molecule has 0 aromatic heterocycles. The molecule has 1 aromatic carbocycles. The number of carbonyl (C=O) groups is 1. The summed E-state index contributed by atoms with van der Waals surface area (Å²) < 4.78 is 0. The molecule has 1 amide bonds. The molecule has 1 aromatic rings. The third kappa shape index (κ3) is 6.04. The Morgan fingerprint density at radius 3 is 2.71 bits per heavy atom. The van der Waals surface area contributed by atoms with E-state index in [1.54, 1.807) is 0 Å². The summed E-state index contributed by atoms with van der Waals surface area (Å²) in [5.74, 6) is 3.49. The van der Waals surface area contributed by atoms with Gasteiger partial charge in [0.15, 0.2) is 5.96 Å². The predicted molar refractivity (Wildman–Crippen MR) is 108 cm³/mol. The highest BCUT2D eigenvalue weighted by molar-refractivity contribution is 14.0. The lowest BCUT2D eigenvalue weighted by molar-refractivity contribution is -0.128. The van der Waals surface area contributed by atoms with Gasteiger partial charge in [0.05, 0.1) is 13.1 Å². The molecule has 0 unspecified atom stereocenters. The molecule has 1 saturated heterocycles. The van der Waals surface area contributed by atoms with E-state index in [1.807, 2.05) is 24.0 Å². The van der Waals surface area contributed by atoms with Gasteiger partial charge < -0.3 is 15.5 Å². The summed E-state index contributed by atoms with van der Waals surface area (Å²) in [4.78, 5) is 18.3. The van der Waals surface area contributed by atoms with Crippen molar-refractivity contribution >= 4 is 35.8 Å². The number of hydrogen-bond acceptors (Lipinski definition) is 2. The molecule has 2 N–H and O–H groups in total. The molecule has 1 aliphatic heterocycles. The largest absolute Gasteiger partial charge is 0.357 e. The normalized spacial score (nSPS) is 14.1. The average Bonchev–Trinajstić information content (AvgIpc) is 2.96. The van der Waals surface area contributed by atoms with Crippen LogP contribution in [0.3, 0.4) is 0 Å². The van der Waals surface area contributed by atoms with Crippen molar-refractivity contribution in [2.24, 2.45) is 4.99 Å². The summed E-state index contributed by atoms with van der Waals surface area (Å²) in [5, 5.41) is 6.24.